The predicted molar refractivity (Wildman–Crippen MR) is 81.6 cm³/mol. The zero-order valence-corrected chi connectivity index (χ0v) is 12.5. The van der Waals surface area contributed by atoms with E-state index in [0.29, 0.717) is 25.1 Å². The molecule has 0 aromatic carbocycles. The molecule has 0 spiro atoms. The van der Waals surface area contributed by atoms with Crippen LogP contribution in [0.1, 0.15) is 26.7 Å². The van der Waals surface area contributed by atoms with Gasteiger partial charge in [-0.3, -0.25) is 15.0 Å². The van der Waals surface area contributed by atoms with E-state index in [1.807, 2.05) is 6.92 Å². The lowest BCUT2D eigenvalue weighted by Crippen LogP contribution is -2.31. The number of anilines is 2. The van der Waals surface area contributed by atoms with Crippen LogP contribution in [-0.2, 0) is 0 Å². The minimum Gasteiger partial charge on any atom is -0.363 e. The Kier molecular flexibility index (Phi) is 5.26. The normalized spacial score (nSPS) is 14.2. The summed E-state index contributed by atoms with van der Waals surface area (Å²) in [6, 6.07) is 0.689. The van der Waals surface area contributed by atoms with Crippen LogP contribution in [0.25, 0.3) is 0 Å². The molecule has 0 atom stereocenters. The van der Waals surface area contributed by atoms with Gasteiger partial charge in [-0.1, -0.05) is 6.92 Å². The van der Waals surface area contributed by atoms with E-state index in [0.717, 1.165) is 13.1 Å². The lowest BCUT2D eigenvalue weighted by molar-refractivity contribution is -0.384. The van der Waals surface area contributed by atoms with Crippen molar-refractivity contribution in [1.29, 1.82) is 0 Å². The molecule has 0 unspecified atom stereocenters. The summed E-state index contributed by atoms with van der Waals surface area (Å²) in [7, 11) is 0. The van der Waals surface area contributed by atoms with Gasteiger partial charge in [-0.05, 0) is 26.3 Å². The highest BCUT2D eigenvalue weighted by molar-refractivity contribution is 5.56. The molecule has 0 aliphatic heterocycles. The zero-order valence-electron chi connectivity index (χ0n) is 12.5. The Morgan fingerprint density at radius 2 is 2.19 bits per heavy atom. The molecule has 1 heterocycles. The number of nitro groups is 1. The van der Waals surface area contributed by atoms with Crippen LogP contribution in [0.2, 0.25) is 0 Å². The average Bonchev–Trinajstić information content (AvgIpc) is 3.28. The molecule has 116 valence electrons. The topological polar surface area (TPSA) is 96.2 Å². The molecule has 1 aromatic rings. The third kappa shape index (κ3) is 4.25. The number of aromatic nitrogens is 2. The molecule has 0 saturated heterocycles. The Morgan fingerprint density at radius 3 is 2.76 bits per heavy atom. The quantitative estimate of drug-likeness (QED) is 0.528. The van der Waals surface area contributed by atoms with Gasteiger partial charge in [-0.2, -0.15) is 4.98 Å². The second-order valence-corrected chi connectivity index (χ2v) is 5.00. The molecule has 2 rings (SSSR count). The third-order valence-electron chi connectivity index (χ3n) is 3.46. The molecular weight excluding hydrogens is 272 g/mol. The number of nitrogens with one attached hydrogen (secondary N) is 2. The van der Waals surface area contributed by atoms with Gasteiger partial charge in [0, 0.05) is 25.7 Å². The molecule has 0 radical (unpaired) electrons. The lowest BCUT2D eigenvalue weighted by Gasteiger charge is -2.19. The lowest BCUT2D eigenvalue weighted by atomic mass is 10.4. The van der Waals surface area contributed by atoms with Crippen LogP contribution in [0.3, 0.4) is 0 Å². The van der Waals surface area contributed by atoms with Crippen LogP contribution in [0.4, 0.5) is 17.5 Å². The largest absolute Gasteiger partial charge is 0.363 e. The summed E-state index contributed by atoms with van der Waals surface area (Å²) in [5.74, 6) is 0.679. The van der Waals surface area contributed by atoms with Crippen LogP contribution in [0.5, 0.6) is 0 Å². The molecule has 1 fully saturated rings. The number of hydrogen-bond acceptors (Lipinski definition) is 7. The predicted octanol–water partition coefficient (Wildman–Crippen LogP) is 1.71. The van der Waals surface area contributed by atoms with Gasteiger partial charge in [0.1, 0.15) is 6.20 Å². The molecule has 1 saturated carbocycles. The minimum atomic E-state index is -0.462. The summed E-state index contributed by atoms with van der Waals surface area (Å²) in [5, 5.41) is 17.0. The fourth-order valence-electron chi connectivity index (χ4n) is 2.24. The van der Waals surface area contributed by atoms with Gasteiger partial charge in [0.05, 0.1) is 4.92 Å². The van der Waals surface area contributed by atoms with Crippen molar-refractivity contribution in [2.24, 2.45) is 0 Å². The first-order valence-corrected chi connectivity index (χ1v) is 7.38. The van der Waals surface area contributed by atoms with E-state index in [1.54, 1.807) is 0 Å². The van der Waals surface area contributed by atoms with Crippen molar-refractivity contribution < 1.29 is 4.92 Å². The number of nitrogens with zero attached hydrogens (tertiary/aromatic N) is 4. The number of hydrogen-bond donors (Lipinski definition) is 2. The second kappa shape index (κ2) is 7.16. The van der Waals surface area contributed by atoms with Crippen LogP contribution >= 0.6 is 0 Å². The summed E-state index contributed by atoms with van der Waals surface area (Å²) in [6.45, 7) is 7.22. The minimum absolute atomic E-state index is 0.0916. The Balaban J connectivity index is 1.98. The van der Waals surface area contributed by atoms with Gasteiger partial charge in [0.25, 0.3) is 0 Å². The van der Waals surface area contributed by atoms with Crippen LogP contribution < -0.4 is 10.6 Å². The van der Waals surface area contributed by atoms with Crippen molar-refractivity contribution in [1.82, 2.24) is 14.9 Å². The summed E-state index contributed by atoms with van der Waals surface area (Å²) < 4.78 is 0. The maximum Gasteiger partial charge on any atom is 0.329 e. The van der Waals surface area contributed by atoms with Crippen molar-refractivity contribution in [3.63, 3.8) is 0 Å². The number of likely N-dealkylation sites (N-methyl/N-ethyl adjacent to an activating group) is 1. The van der Waals surface area contributed by atoms with E-state index >= 15 is 0 Å². The Morgan fingerprint density at radius 1 is 1.43 bits per heavy atom. The van der Waals surface area contributed by atoms with E-state index in [9.17, 15) is 10.1 Å². The molecule has 1 aliphatic carbocycles. The molecule has 0 bridgehead atoms. The van der Waals surface area contributed by atoms with E-state index in [-0.39, 0.29) is 11.5 Å². The first-order valence-electron chi connectivity index (χ1n) is 7.38. The van der Waals surface area contributed by atoms with Crippen LogP contribution in [-0.4, -0.2) is 52.0 Å². The van der Waals surface area contributed by atoms with Crippen LogP contribution in [0.15, 0.2) is 6.20 Å². The molecule has 1 aliphatic rings. The molecule has 8 heteroatoms. The van der Waals surface area contributed by atoms with Crippen molar-refractivity contribution in [3.05, 3.63) is 16.3 Å². The smallest absolute Gasteiger partial charge is 0.329 e. The molecule has 1 aromatic heterocycles. The molecular formula is C13H22N6O2. The van der Waals surface area contributed by atoms with Crippen molar-refractivity contribution >= 4 is 17.5 Å². The Bertz CT molecular complexity index is 492. The van der Waals surface area contributed by atoms with E-state index in [2.05, 4.69) is 32.4 Å². The van der Waals surface area contributed by atoms with E-state index < -0.39 is 4.92 Å². The SMILES string of the molecule is CCNc1ncc([N+](=O)[O-])c(NCCN(CC)C2CC2)n1. The van der Waals surface area contributed by atoms with Crippen molar-refractivity contribution in [2.75, 3.05) is 36.8 Å². The fraction of sp³-hybridized carbons (Fsp3) is 0.692. The maximum absolute atomic E-state index is 11.0. The molecule has 21 heavy (non-hydrogen) atoms. The Labute approximate surface area is 124 Å². The first kappa shape index (κ1) is 15.4. The summed E-state index contributed by atoms with van der Waals surface area (Å²) in [6.07, 6.45) is 3.75. The van der Waals surface area contributed by atoms with E-state index in [1.165, 1.54) is 19.0 Å². The Hall–Kier alpha value is -1.96. The maximum atomic E-state index is 11.0. The van der Waals surface area contributed by atoms with Gasteiger partial charge in [-0.15, -0.1) is 0 Å². The summed E-state index contributed by atoms with van der Waals surface area (Å²) in [5.41, 5.74) is -0.0916. The van der Waals surface area contributed by atoms with Gasteiger partial charge < -0.3 is 10.6 Å². The van der Waals surface area contributed by atoms with Gasteiger partial charge in [-0.25, -0.2) is 4.98 Å². The summed E-state index contributed by atoms with van der Waals surface area (Å²) in [4.78, 5) is 21.0. The fourth-order valence-corrected chi connectivity index (χ4v) is 2.24. The standard InChI is InChI=1S/C13H22N6O2/c1-3-14-13-16-9-11(19(20)21)12(17-13)15-7-8-18(4-2)10-5-6-10/h9-10H,3-8H2,1-2H3,(H2,14,15,16,17). The number of rotatable bonds is 9. The third-order valence-corrected chi connectivity index (χ3v) is 3.46. The highest BCUT2D eigenvalue weighted by Gasteiger charge is 2.27. The van der Waals surface area contributed by atoms with Crippen molar-refractivity contribution in [2.45, 2.75) is 32.7 Å². The van der Waals surface area contributed by atoms with Gasteiger partial charge in [0.2, 0.25) is 11.8 Å². The molecule has 0 amide bonds. The molecule has 8 nitrogen and oxygen atoms in total. The molecule has 2 N–H and O–H groups in total. The van der Waals surface area contributed by atoms with Crippen molar-refractivity contribution in [3.8, 4) is 0 Å². The second-order valence-electron chi connectivity index (χ2n) is 5.00. The summed E-state index contributed by atoms with van der Waals surface area (Å²) >= 11 is 0. The van der Waals surface area contributed by atoms with E-state index in [4.69, 9.17) is 0 Å². The zero-order chi connectivity index (χ0) is 15.2. The monoisotopic (exact) mass is 294 g/mol. The van der Waals surface area contributed by atoms with Gasteiger partial charge >= 0.3 is 5.69 Å². The highest BCUT2D eigenvalue weighted by Crippen LogP contribution is 2.26. The van der Waals surface area contributed by atoms with Gasteiger partial charge in [0.15, 0.2) is 0 Å². The first-order chi connectivity index (χ1) is 10.2. The van der Waals surface area contributed by atoms with Crippen LogP contribution in [0, 0.1) is 10.1 Å². The average molecular weight is 294 g/mol. The highest BCUT2D eigenvalue weighted by atomic mass is 16.6.